The average molecular weight is 309 g/mol. The van der Waals surface area contributed by atoms with E-state index in [-0.39, 0.29) is 12.0 Å². The fourth-order valence-electron chi connectivity index (χ4n) is 2.60. The first kappa shape index (κ1) is 19.2. The van der Waals surface area contributed by atoms with Gasteiger partial charge in [0.15, 0.2) is 0 Å². The van der Waals surface area contributed by atoms with Gasteiger partial charge in [-0.05, 0) is 25.3 Å². The van der Waals surface area contributed by atoms with Crippen LogP contribution in [-0.4, -0.2) is 36.6 Å². The molecule has 1 atom stereocenters. The molecule has 0 aliphatic carbocycles. The summed E-state index contributed by atoms with van der Waals surface area (Å²) in [5, 5.41) is 0. The molecule has 0 spiro atoms. The third-order valence-electron chi connectivity index (χ3n) is 4.15. The van der Waals surface area contributed by atoms with Gasteiger partial charge in [0.2, 0.25) is 5.91 Å². The second-order valence-electron chi connectivity index (χ2n) is 6.41. The van der Waals surface area contributed by atoms with E-state index in [4.69, 9.17) is 4.74 Å². The van der Waals surface area contributed by atoms with E-state index in [1.165, 1.54) is 51.4 Å². The minimum atomic E-state index is 0.167. The first-order valence-corrected chi connectivity index (χ1v) is 9.35. The maximum atomic E-state index is 12.3. The summed E-state index contributed by atoms with van der Waals surface area (Å²) in [6.45, 7) is 6.91. The Morgan fingerprint density at radius 1 is 1.05 bits per heavy atom. The molecule has 3 nitrogen and oxygen atoms in total. The molecular formula is C19H35NO2. The minimum Gasteiger partial charge on any atom is -0.371 e. The molecule has 0 aromatic rings. The molecular weight excluding hydrogens is 274 g/mol. The van der Waals surface area contributed by atoms with Crippen molar-refractivity contribution in [2.24, 2.45) is 0 Å². The number of epoxide rings is 1. The van der Waals surface area contributed by atoms with Crippen molar-refractivity contribution in [3.8, 4) is 0 Å². The number of rotatable bonds is 14. The van der Waals surface area contributed by atoms with Crippen molar-refractivity contribution in [3.05, 3.63) is 12.2 Å². The maximum absolute atomic E-state index is 12.3. The molecule has 1 amide bonds. The lowest BCUT2D eigenvalue weighted by molar-refractivity contribution is -0.126. The standard InChI is InChI=1S/C19H35NO2/c1-3-5-7-9-10-11-12-14-19(21)20(16-18-17-22-18)15-13-8-6-4-2/h12,14,18H,3-11,13,15-17H2,1-2H3. The van der Waals surface area contributed by atoms with Gasteiger partial charge in [-0.25, -0.2) is 0 Å². The number of allylic oxidation sites excluding steroid dienone is 1. The molecule has 1 unspecified atom stereocenters. The van der Waals surface area contributed by atoms with Gasteiger partial charge in [-0.2, -0.15) is 0 Å². The second-order valence-corrected chi connectivity index (χ2v) is 6.41. The second kappa shape index (κ2) is 12.7. The monoisotopic (exact) mass is 309 g/mol. The predicted molar refractivity (Wildman–Crippen MR) is 93.0 cm³/mol. The van der Waals surface area contributed by atoms with Crippen LogP contribution in [0.1, 0.15) is 78.1 Å². The van der Waals surface area contributed by atoms with E-state index in [9.17, 15) is 4.79 Å². The van der Waals surface area contributed by atoms with Gasteiger partial charge in [-0.1, -0.05) is 64.9 Å². The fraction of sp³-hybridized carbons (Fsp3) is 0.842. The number of carbonyl (C=O) groups excluding carboxylic acids is 1. The van der Waals surface area contributed by atoms with Crippen LogP contribution in [0.15, 0.2) is 12.2 Å². The van der Waals surface area contributed by atoms with Crippen LogP contribution < -0.4 is 0 Å². The minimum absolute atomic E-state index is 0.167. The zero-order chi connectivity index (χ0) is 16.0. The highest BCUT2D eigenvalue weighted by molar-refractivity contribution is 5.87. The topological polar surface area (TPSA) is 32.8 Å². The quantitative estimate of drug-likeness (QED) is 0.264. The molecule has 22 heavy (non-hydrogen) atoms. The van der Waals surface area contributed by atoms with Crippen LogP contribution in [0.3, 0.4) is 0 Å². The number of hydrogen-bond donors (Lipinski definition) is 0. The molecule has 0 bridgehead atoms. The van der Waals surface area contributed by atoms with Crippen molar-refractivity contribution in [3.63, 3.8) is 0 Å². The Bertz CT molecular complexity index is 311. The first-order valence-electron chi connectivity index (χ1n) is 9.35. The number of amides is 1. The summed E-state index contributed by atoms with van der Waals surface area (Å²) in [6, 6.07) is 0. The van der Waals surface area contributed by atoms with Crippen LogP contribution in [0.4, 0.5) is 0 Å². The van der Waals surface area contributed by atoms with Crippen molar-refractivity contribution >= 4 is 5.91 Å². The SMILES string of the molecule is CCCCCCCC=CC(=O)N(CCCCCC)CC1CO1. The molecule has 0 radical (unpaired) electrons. The Balaban J connectivity index is 2.20. The highest BCUT2D eigenvalue weighted by atomic mass is 16.6. The molecule has 1 heterocycles. The van der Waals surface area contributed by atoms with E-state index < -0.39 is 0 Å². The summed E-state index contributed by atoms with van der Waals surface area (Å²) in [4.78, 5) is 14.3. The summed E-state index contributed by atoms with van der Waals surface area (Å²) in [7, 11) is 0. The lowest BCUT2D eigenvalue weighted by atomic mass is 10.1. The van der Waals surface area contributed by atoms with Crippen LogP contribution in [0.25, 0.3) is 0 Å². The van der Waals surface area contributed by atoms with Gasteiger partial charge < -0.3 is 9.64 Å². The lowest BCUT2D eigenvalue weighted by Crippen LogP contribution is -2.34. The molecule has 1 fully saturated rings. The van der Waals surface area contributed by atoms with Crippen molar-refractivity contribution < 1.29 is 9.53 Å². The number of hydrogen-bond acceptors (Lipinski definition) is 2. The molecule has 3 heteroatoms. The Morgan fingerprint density at radius 3 is 2.32 bits per heavy atom. The van der Waals surface area contributed by atoms with Crippen LogP contribution in [-0.2, 0) is 9.53 Å². The zero-order valence-corrected chi connectivity index (χ0v) is 14.7. The van der Waals surface area contributed by atoms with Gasteiger partial charge in [-0.15, -0.1) is 0 Å². The van der Waals surface area contributed by atoms with Gasteiger partial charge in [0.25, 0.3) is 0 Å². The molecule has 1 rings (SSSR count). The predicted octanol–water partition coefficient (Wildman–Crippen LogP) is 4.71. The van der Waals surface area contributed by atoms with Gasteiger partial charge >= 0.3 is 0 Å². The van der Waals surface area contributed by atoms with Crippen molar-refractivity contribution in [1.82, 2.24) is 4.90 Å². The van der Waals surface area contributed by atoms with E-state index in [1.807, 2.05) is 4.90 Å². The van der Waals surface area contributed by atoms with Crippen molar-refractivity contribution in [1.29, 1.82) is 0 Å². The largest absolute Gasteiger partial charge is 0.371 e. The summed E-state index contributed by atoms with van der Waals surface area (Å²) in [5.74, 6) is 0.167. The molecule has 0 aromatic carbocycles. The van der Waals surface area contributed by atoms with Crippen LogP contribution in [0, 0.1) is 0 Å². The third-order valence-corrected chi connectivity index (χ3v) is 4.15. The van der Waals surface area contributed by atoms with Gasteiger partial charge in [0.1, 0.15) is 0 Å². The maximum Gasteiger partial charge on any atom is 0.246 e. The highest BCUT2D eigenvalue weighted by Gasteiger charge is 2.26. The molecule has 0 aromatic heterocycles. The fourth-order valence-corrected chi connectivity index (χ4v) is 2.60. The number of unbranched alkanes of at least 4 members (excludes halogenated alkanes) is 8. The molecule has 128 valence electrons. The number of carbonyl (C=O) groups is 1. The normalized spacial score (nSPS) is 17.1. The summed E-state index contributed by atoms with van der Waals surface area (Å²) >= 11 is 0. The van der Waals surface area contributed by atoms with Gasteiger partial charge in [0, 0.05) is 13.1 Å². The van der Waals surface area contributed by atoms with E-state index in [0.29, 0.717) is 0 Å². The average Bonchev–Trinajstić information content (AvgIpc) is 3.33. The zero-order valence-electron chi connectivity index (χ0n) is 14.7. The van der Waals surface area contributed by atoms with E-state index in [2.05, 4.69) is 19.9 Å². The van der Waals surface area contributed by atoms with Gasteiger partial charge in [-0.3, -0.25) is 4.79 Å². The molecule has 1 saturated heterocycles. The number of ether oxygens (including phenoxy) is 1. The Hall–Kier alpha value is -0.830. The Morgan fingerprint density at radius 2 is 1.68 bits per heavy atom. The van der Waals surface area contributed by atoms with Gasteiger partial charge in [0.05, 0.1) is 12.7 Å². The third kappa shape index (κ3) is 9.99. The Kier molecular flexibility index (Phi) is 11.1. The smallest absolute Gasteiger partial charge is 0.246 e. The van der Waals surface area contributed by atoms with Crippen LogP contribution in [0.2, 0.25) is 0 Å². The molecule has 0 N–H and O–H groups in total. The van der Waals surface area contributed by atoms with E-state index in [1.54, 1.807) is 6.08 Å². The van der Waals surface area contributed by atoms with Crippen LogP contribution in [0.5, 0.6) is 0 Å². The lowest BCUT2D eigenvalue weighted by Gasteiger charge is -2.20. The van der Waals surface area contributed by atoms with Crippen LogP contribution >= 0.6 is 0 Å². The molecule has 0 saturated carbocycles. The van der Waals surface area contributed by atoms with E-state index >= 15 is 0 Å². The Labute approximate surface area is 137 Å². The summed E-state index contributed by atoms with van der Waals surface area (Å²) < 4.78 is 5.28. The van der Waals surface area contributed by atoms with Crippen molar-refractivity contribution in [2.75, 3.05) is 19.7 Å². The van der Waals surface area contributed by atoms with Crippen molar-refractivity contribution in [2.45, 2.75) is 84.2 Å². The molecule has 1 aliphatic rings. The first-order chi connectivity index (χ1) is 10.8. The number of nitrogens with zero attached hydrogens (tertiary/aromatic N) is 1. The summed E-state index contributed by atoms with van der Waals surface area (Å²) in [5.41, 5.74) is 0. The molecule has 1 aliphatic heterocycles. The van der Waals surface area contributed by atoms with E-state index in [0.717, 1.165) is 32.5 Å². The highest BCUT2D eigenvalue weighted by Crippen LogP contribution is 2.13. The summed E-state index contributed by atoms with van der Waals surface area (Å²) in [6.07, 6.45) is 16.4.